The number of nitrogens with one attached hydrogen (secondary N) is 1. The predicted octanol–water partition coefficient (Wildman–Crippen LogP) is 0.285. The van der Waals surface area contributed by atoms with Crippen LogP contribution in [0, 0.1) is 11.8 Å². The van der Waals surface area contributed by atoms with Crippen LogP contribution in [-0.2, 0) is 4.79 Å². The number of rotatable bonds is 5. The van der Waals surface area contributed by atoms with E-state index in [-0.39, 0.29) is 11.7 Å². The highest BCUT2D eigenvalue weighted by molar-refractivity contribution is 6.01. The van der Waals surface area contributed by atoms with Gasteiger partial charge in [-0.15, -0.1) is 0 Å². The molecule has 0 bridgehead atoms. The minimum atomic E-state index is -0.501. The van der Waals surface area contributed by atoms with Gasteiger partial charge in [-0.2, -0.15) is 0 Å². The maximum absolute atomic E-state index is 11.5. The van der Waals surface area contributed by atoms with Crippen LogP contribution >= 0.6 is 0 Å². The molecule has 1 aliphatic carbocycles. The maximum atomic E-state index is 11.5. The minimum absolute atomic E-state index is 0.0132. The van der Waals surface area contributed by atoms with Crippen LogP contribution in [0.2, 0.25) is 0 Å². The van der Waals surface area contributed by atoms with Crippen molar-refractivity contribution in [1.29, 1.82) is 0 Å². The van der Waals surface area contributed by atoms with Gasteiger partial charge in [-0.25, -0.2) is 0 Å². The third-order valence-corrected chi connectivity index (χ3v) is 2.46. The molecule has 0 spiro atoms. The summed E-state index contributed by atoms with van der Waals surface area (Å²) in [6.07, 6.45) is 2.94. The molecule has 4 N–H and O–H groups in total. The SMILES string of the molecule is CCC(C(=O)NCC1CC1)C(N)=NO. The predicted molar refractivity (Wildman–Crippen MR) is 52.9 cm³/mol. The van der Waals surface area contributed by atoms with E-state index in [0.717, 1.165) is 0 Å². The molecule has 1 rings (SSSR count). The van der Waals surface area contributed by atoms with Gasteiger partial charge in [0.15, 0.2) is 5.84 Å². The molecule has 0 aromatic rings. The summed E-state index contributed by atoms with van der Waals surface area (Å²) < 4.78 is 0. The summed E-state index contributed by atoms with van der Waals surface area (Å²) in [6, 6.07) is 0. The van der Waals surface area contributed by atoms with E-state index in [0.29, 0.717) is 18.9 Å². The fraction of sp³-hybridized carbons (Fsp3) is 0.778. The Labute approximate surface area is 83.3 Å². The molecule has 0 radical (unpaired) electrons. The van der Waals surface area contributed by atoms with E-state index in [2.05, 4.69) is 10.5 Å². The van der Waals surface area contributed by atoms with Gasteiger partial charge in [0.1, 0.15) is 0 Å². The molecule has 0 aromatic heterocycles. The number of oxime groups is 1. The maximum Gasteiger partial charge on any atom is 0.230 e. The number of carbonyl (C=O) groups is 1. The van der Waals surface area contributed by atoms with Gasteiger partial charge in [-0.3, -0.25) is 4.79 Å². The number of amides is 1. The first-order chi connectivity index (χ1) is 6.69. The second kappa shape index (κ2) is 4.83. The zero-order valence-corrected chi connectivity index (χ0v) is 8.36. The van der Waals surface area contributed by atoms with E-state index in [1.165, 1.54) is 12.8 Å². The summed E-state index contributed by atoms with van der Waals surface area (Å²) in [4.78, 5) is 11.5. The van der Waals surface area contributed by atoms with Crippen LogP contribution in [0.4, 0.5) is 0 Å². The van der Waals surface area contributed by atoms with E-state index in [1.807, 2.05) is 6.92 Å². The van der Waals surface area contributed by atoms with Crippen LogP contribution in [0.1, 0.15) is 26.2 Å². The van der Waals surface area contributed by atoms with Crippen molar-refractivity contribution in [3.05, 3.63) is 0 Å². The number of amidine groups is 1. The molecule has 1 fully saturated rings. The Balaban J connectivity index is 2.37. The van der Waals surface area contributed by atoms with Crippen molar-refractivity contribution in [2.45, 2.75) is 26.2 Å². The molecule has 1 unspecified atom stereocenters. The zero-order valence-electron chi connectivity index (χ0n) is 8.36. The van der Waals surface area contributed by atoms with Crippen molar-refractivity contribution in [3.63, 3.8) is 0 Å². The first kappa shape index (κ1) is 10.8. The van der Waals surface area contributed by atoms with Crippen LogP contribution in [0.5, 0.6) is 0 Å². The van der Waals surface area contributed by atoms with Gasteiger partial charge in [-0.05, 0) is 25.2 Å². The molecule has 80 valence electrons. The Kier molecular flexibility index (Phi) is 3.73. The van der Waals surface area contributed by atoms with Gasteiger partial charge >= 0.3 is 0 Å². The molecule has 0 saturated heterocycles. The zero-order chi connectivity index (χ0) is 10.6. The molecule has 0 aromatic carbocycles. The monoisotopic (exact) mass is 199 g/mol. The van der Waals surface area contributed by atoms with Crippen LogP contribution in [0.3, 0.4) is 0 Å². The van der Waals surface area contributed by atoms with E-state index < -0.39 is 5.92 Å². The lowest BCUT2D eigenvalue weighted by Gasteiger charge is -2.12. The first-order valence-corrected chi connectivity index (χ1v) is 4.94. The Morgan fingerprint density at radius 2 is 2.36 bits per heavy atom. The van der Waals surface area contributed by atoms with Crippen molar-refractivity contribution in [3.8, 4) is 0 Å². The quantitative estimate of drug-likeness (QED) is 0.257. The number of nitrogens with zero attached hydrogens (tertiary/aromatic N) is 1. The smallest absolute Gasteiger partial charge is 0.230 e. The molecule has 1 amide bonds. The summed E-state index contributed by atoms with van der Waals surface area (Å²) in [5.41, 5.74) is 5.39. The highest BCUT2D eigenvalue weighted by Crippen LogP contribution is 2.27. The lowest BCUT2D eigenvalue weighted by molar-refractivity contribution is -0.123. The molecular formula is C9H17N3O2. The van der Waals surface area contributed by atoms with E-state index in [4.69, 9.17) is 10.9 Å². The van der Waals surface area contributed by atoms with Gasteiger partial charge in [0.05, 0.1) is 5.92 Å². The minimum Gasteiger partial charge on any atom is -0.409 e. The second-order valence-corrected chi connectivity index (χ2v) is 3.67. The Morgan fingerprint density at radius 1 is 1.71 bits per heavy atom. The lowest BCUT2D eigenvalue weighted by atomic mass is 10.0. The molecule has 5 nitrogen and oxygen atoms in total. The van der Waals surface area contributed by atoms with Crippen molar-refractivity contribution in [1.82, 2.24) is 5.32 Å². The Bertz CT molecular complexity index is 236. The number of hydrogen-bond donors (Lipinski definition) is 3. The van der Waals surface area contributed by atoms with Gasteiger partial charge in [-0.1, -0.05) is 12.1 Å². The second-order valence-electron chi connectivity index (χ2n) is 3.67. The molecule has 5 heteroatoms. The Hall–Kier alpha value is -1.26. The summed E-state index contributed by atoms with van der Waals surface area (Å²) in [6.45, 7) is 2.55. The highest BCUT2D eigenvalue weighted by Gasteiger charge is 2.25. The van der Waals surface area contributed by atoms with Crippen LogP contribution < -0.4 is 11.1 Å². The van der Waals surface area contributed by atoms with Crippen molar-refractivity contribution in [2.75, 3.05) is 6.54 Å². The van der Waals surface area contributed by atoms with Gasteiger partial charge in [0.2, 0.25) is 5.91 Å². The summed E-state index contributed by atoms with van der Waals surface area (Å²) in [7, 11) is 0. The van der Waals surface area contributed by atoms with E-state index >= 15 is 0 Å². The third-order valence-electron chi connectivity index (χ3n) is 2.46. The molecule has 1 saturated carbocycles. The van der Waals surface area contributed by atoms with Crippen molar-refractivity contribution >= 4 is 11.7 Å². The molecule has 0 heterocycles. The molecule has 0 aliphatic heterocycles. The first-order valence-electron chi connectivity index (χ1n) is 4.94. The molecular weight excluding hydrogens is 182 g/mol. The largest absolute Gasteiger partial charge is 0.409 e. The van der Waals surface area contributed by atoms with Crippen LogP contribution in [0.25, 0.3) is 0 Å². The average molecular weight is 199 g/mol. The van der Waals surface area contributed by atoms with Crippen molar-refractivity contribution in [2.24, 2.45) is 22.7 Å². The molecule has 1 aliphatic rings. The van der Waals surface area contributed by atoms with Gasteiger partial charge < -0.3 is 16.3 Å². The average Bonchev–Trinajstić information content (AvgIpc) is 2.99. The molecule has 1 atom stereocenters. The fourth-order valence-electron chi connectivity index (χ4n) is 1.29. The van der Waals surface area contributed by atoms with Crippen molar-refractivity contribution < 1.29 is 10.0 Å². The normalized spacial score (nSPS) is 19.1. The fourth-order valence-corrected chi connectivity index (χ4v) is 1.29. The standard InChI is InChI=1S/C9H17N3O2/c1-2-7(8(10)12-14)9(13)11-5-6-3-4-6/h6-7,14H,2-5H2,1H3,(H2,10,12)(H,11,13). The van der Waals surface area contributed by atoms with Gasteiger partial charge in [0, 0.05) is 6.54 Å². The van der Waals surface area contributed by atoms with Crippen LogP contribution in [-0.4, -0.2) is 23.5 Å². The number of nitrogens with two attached hydrogens (primary N) is 1. The molecule has 14 heavy (non-hydrogen) atoms. The summed E-state index contributed by atoms with van der Waals surface area (Å²) >= 11 is 0. The third kappa shape index (κ3) is 2.90. The van der Waals surface area contributed by atoms with E-state index in [1.54, 1.807) is 0 Å². The number of carbonyl (C=O) groups excluding carboxylic acids is 1. The van der Waals surface area contributed by atoms with Gasteiger partial charge in [0.25, 0.3) is 0 Å². The van der Waals surface area contributed by atoms with E-state index in [9.17, 15) is 4.79 Å². The Morgan fingerprint density at radius 3 is 2.79 bits per heavy atom. The lowest BCUT2D eigenvalue weighted by Crippen LogP contribution is -2.39. The number of hydrogen-bond acceptors (Lipinski definition) is 3. The topological polar surface area (TPSA) is 87.7 Å². The summed E-state index contributed by atoms with van der Waals surface area (Å²) in [5, 5.41) is 14.1. The summed E-state index contributed by atoms with van der Waals surface area (Å²) in [5.74, 6) is -0.0157. The van der Waals surface area contributed by atoms with Crippen LogP contribution in [0.15, 0.2) is 5.16 Å². The highest BCUT2D eigenvalue weighted by atomic mass is 16.4.